The van der Waals surface area contributed by atoms with E-state index in [1.165, 1.54) is 19.3 Å². The molecule has 126 valence electrons. The standard InChI is InChI=1S/C15H32O5Si/c1-3-4-5-6-7-16-8-9-17-10-11-18-12-13-19-14-15-20-21-2/h3-15H2,1-2H3. The summed E-state index contributed by atoms with van der Waals surface area (Å²) < 4.78 is 26.8. The van der Waals surface area contributed by atoms with Crippen molar-refractivity contribution in [3.05, 3.63) is 0 Å². The van der Waals surface area contributed by atoms with Crippen LogP contribution < -0.4 is 0 Å². The second-order valence-electron chi connectivity index (χ2n) is 4.56. The van der Waals surface area contributed by atoms with Crippen molar-refractivity contribution >= 4 is 9.76 Å². The Morgan fingerprint density at radius 1 is 0.571 bits per heavy atom. The van der Waals surface area contributed by atoms with Crippen LogP contribution in [0.15, 0.2) is 0 Å². The smallest absolute Gasteiger partial charge is 0.226 e. The average molecular weight is 321 g/mol. The fourth-order valence-corrected chi connectivity index (χ4v) is 1.88. The molecule has 0 bridgehead atoms. The van der Waals surface area contributed by atoms with E-state index < -0.39 is 0 Å². The van der Waals surface area contributed by atoms with E-state index in [0.29, 0.717) is 62.6 Å². The molecule has 0 aromatic carbocycles. The molecule has 0 rings (SSSR count). The second kappa shape index (κ2) is 20.0. The van der Waals surface area contributed by atoms with Crippen LogP contribution in [0.1, 0.15) is 32.6 Å². The molecule has 0 saturated carbocycles. The molecule has 0 fully saturated rings. The number of ether oxygens (including phenoxy) is 4. The number of rotatable bonds is 18. The highest BCUT2D eigenvalue weighted by molar-refractivity contribution is 6.24. The van der Waals surface area contributed by atoms with Crippen LogP contribution in [0.25, 0.3) is 0 Å². The Bertz CT molecular complexity index is 165. The van der Waals surface area contributed by atoms with Gasteiger partial charge in [0.1, 0.15) is 0 Å². The molecule has 0 aliphatic rings. The van der Waals surface area contributed by atoms with Crippen molar-refractivity contribution in [3.63, 3.8) is 0 Å². The van der Waals surface area contributed by atoms with Gasteiger partial charge in [-0.3, -0.25) is 0 Å². The normalized spacial score (nSPS) is 11.1. The molecule has 6 heteroatoms. The summed E-state index contributed by atoms with van der Waals surface area (Å²) in [6, 6.07) is 0. The van der Waals surface area contributed by atoms with Gasteiger partial charge in [-0.15, -0.1) is 0 Å². The molecule has 0 unspecified atom stereocenters. The third-order valence-electron chi connectivity index (χ3n) is 2.73. The predicted octanol–water partition coefficient (Wildman–Crippen LogP) is 2.32. The fourth-order valence-electron chi connectivity index (χ4n) is 1.60. The van der Waals surface area contributed by atoms with E-state index >= 15 is 0 Å². The monoisotopic (exact) mass is 320 g/mol. The predicted molar refractivity (Wildman–Crippen MR) is 85.0 cm³/mol. The summed E-state index contributed by atoms with van der Waals surface area (Å²) in [6.45, 7) is 10.1. The number of unbranched alkanes of at least 4 members (excludes halogenated alkanes) is 3. The van der Waals surface area contributed by atoms with E-state index in [-0.39, 0.29) is 0 Å². The zero-order valence-electron chi connectivity index (χ0n) is 13.7. The lowest BCUT2D eigenvalue weighted by Crippen LogP contribution is -2.13. The lowest BCUT2D eigenvalue weighted by Gasteiger charge is -2.07. The molecule has 5 nitrogen and oxygen atoms in total. The zero-order chi connectivity index (χ0) is 15.4. The summed E-state index contributed by atoms with van der Waals surface area (Å²) in [7, 11) is 0.531. The van der Waals surface area contributed by atoms with Crippen LogP contribution in [0, 0.1) is 0 Å². The molecule has 0 aromatic rings. The number of hydrogen-bond donors (Lipinski definition) is 0. The Kier molecular flexibility index (Phi) is 20.0. The van der Waals surface area contributed by atoms with Gasteiger partial charge in [0.2, 0.25) is 9.76 Å². The Morgan fingerprint density at radius 2 is 1.05 bits per heavy atom. The van der Waals surface area contributed by atoms with Gasteiger partial charge < -0.3 is 23.4 Å². The van der Waals surface area contributed by atoms with Gasteiger partial charge in [-0.1, -0.05) is 26.2 Å². The van der Waals surface area contributed by atoms with Crippen LogP contribution in [0.5, 0.6) is 0 Å². The molecular weight excluding hydrogens is 288 g/mol. The van der Waals surface area contributed by atoms with Crippen molar-refractivity contribution in [3.8, 4) is 0 Å². The first kappa shape index (κ1) is 21.0. The molecule has 0 N–H and O–H groups in total. The Labute approximate surface area is 132 Å². The molecule has 0 saturated heterocycles. The van der Waals surface area contributed by atoms with Crippen LogP contribution in [0.4, 0.5) is 0 Å². The maximum absolute atomic E-state index is 5.47. The van der Waals surface area contributed by atoms with Crippen molar-refractivity contribution in [1.82, 2.24) is 0 Å². The van der Waals surface area contributed by atoms with Crippen molar-refractivity contribution in [2.45, 2.75) is 39.2 Å². The lowest BCUT2D eigenvalue weighted by molar-refractivity contribution is -0.00477. The first-order valence-corrected chi connectivity index (χ1v) is 9.42. The molecule has 0 aromatic heterocycles. The first-order chi connectivity index (χ1) is 10.4. The summed E-state index contributed by atoms with van der Waals surface area (Å²) in [4.78, 5) is 0. The third-order valence-corrected chi connectivity index (χ3v) is 3.23. The average Bonchev–Trinajstić information content (AvgIpc) is 2.50. The van der Waals surface area contributed by atoms with Gasteiger partial charge in [0.05, 0.1) is 52.9 Å². The Balaban J connectivity index is 2.90. The molecule has 0 heterocycles. The van der Waals surface area contributed by atoms with E-state index in [9.17, 15) is 0 Å². The topological polar surface area (TPSA) is 46.2 Å². The molecule has 0 aliphatic carbocycles. The van der Waals surface area contributed by atoms with Crippen LogP contribution in [0.2, 0.25) is 6.55 Å². The first-order valence-electron chi connectivity index (χ1n) is 8.01. The van der Waals surface area contributed by atoms with E-state index in [1.54, 1.807) is 0 Å². The molecular formula is C15H32O5Si. The highest BCUT2D eigenvalue weighted by Crippen LogP contribution is 1.98. The molecule has 21 heavy (non-hydrogen) atoms. The second-order valence-corrected chi connectivity index (χ2v) is 5.26. The van der Waals surface area contributed by atoms with Crippen LogP contribution in [-0.2, 0) is 23.4 Å². The highest BCUT2D eigenvalue weighted by Gasteiger charge is 1.93. The SMILES string of the molecule is CCCCCCOCCOCCOCCOCCO[Si]C. The summed E-state index contributed by atoms with van der Waals surface area (Å²) in [5, 5.41) is 0. The quantitative estimate of drug-likeness (QED) is 0.286. The summed E-state index contributed by atoms with van der Waals surface area (Å²) in [5.41, 5.74) is 0. The minimum atomic E-state index is 0.531. The van der Waals surface area contributed by atoms with Crippen molar-refractivity contribution < 1.29 is 23.4 Å². The third kappa shape index (κ3) is 20.0. The van der Waals surface area contributed by atoms with Gasteiger partial charge in [-0.25, -0.2) is 0 Å². The molecule has 0 spiro atoms. The molecule has 0 amide bonds. The van der Waals surface area contributed by atoms with Gasteiger partial charge in [-0.05, 0) is 13.0 Å². The van der Waals surface area contributed by atoms with Crippen molar-refractivity contribution in [2.75, 3.05) is 59.5 Å². The Morgan fingerprint density at radius 3 is 1.52 bits per heavy atom. The van der Waals surface area contributed by atoms with Crippen molar-refractivity contribution in [2.24, 2.45) is 0 Å². The van der Waals surface area contributed by atoms with Crippen LogP contribution in [-0.4, -0.2) is 69.2 Å². The van der Waals surface area contributed by atoms with Crippen molar-refractivity contribution in [1.29, 1.82) is 0 Å². The fraction of sp³-hybridized carbons (Fsp3) is 1.00. The number of hydrogen-bond acceptors (Lipinski definition) is 5. The highest BCUT2D eigenvalue weighted by atomic mass is 28.2. The van der Waals surface area contributed by atoms with Gasteiger partial charge in [0.25, 0.3) is 0 Å². The zero-order valence-corrected chi connectivity index (χ0v) is 14.7. The summed E-state index contributed by atoms with van der Waals surface area (Å²) in [5.74, 6) is 0. The van der Waals surface area contributed by atoms with Crippen LogP contribution in [0.3, 0.4) is 0 Å². The Hall–Kier alpha value is 0.0169. The van der Waals surface area contributed by atoms with E-state index in [1.807, 2.05) is 6.55 Å². The summed E-state index contributed by atoms with van der Waals surface area (Å²) >= 11 is 0. The minimum absolute atomic E-state index is 0.531. The van der Waals surface area contributed by atoms with Gasteiger partial charge >= 0.3 is 0 Å². The maximum atomic E-state index is 5.47. The van der Waals surface area contributed by atoms with Crippen LogP contribution >= 0.6 is 0 Å². The van der Waals surface area contributed by atoms with Gasteiger partial charge in [-0.2, -0.15) is 0 Å². The summed E-state index contributed by atoms with van der Waals surface area (Å²) in [6.07, 6.45) is 4.98. The largest absolute Gasteiger partial charge is 0.415 e. The van der Waals surface area contributed by atoms with E-state index in [4.69, 9.17) is 23.4 Å². The molecule has 0 atom stereocenters. The van der Waals surface area contributed by atoms with Gasteiger partial charge in [0.15, 0.2) is 0 Å². The maximum Gasteiger partial charge on any atom is 0.226 e. The van der Waals surface area contributed by atoms with E-state index in [0.717, 1.165) is 13.0 Å². The molecule has 0 aliphatic heterocycles. The van der Waals surface area contributed by atoms with E-state index in [2.05, 4.69) is 6.92 Å². The molecule has 2 radical (unpaired) electrons. The van der Waals surface area contributed by atoms with Gasteiger partial charge in [0, 0.05) is 6.61 Å². The lowest BCUT2D eigenvalue weighted by atomic mass is 10.2. The minimum Gasteiger partial charge on any atom is -0.415 e.